The minimum absolute atomic E-state index is 0.307. The maximum absolute atomic E-state index is 10.6. The average Bonchev–Trinajstić information content (AvgIpc) is 2.45. The predicted molar refractivity (Wildman–Crippen MR) is 50.0 cm³/mol. The largest absolute Gasteiger partial charge is 0.479 e. The number of carbonyl (C=O) groups excluding carboxylic acids is 1. The molecule has 0 radical (unpaired) electrons. The fraction of sp³-hybridized carbons (Fsp3) is 0.364. The van der Waals surface area contributed by atoms with Crippen LogP contribution in [0.4, 0.5) is 0 Å². The summed E-state index contributed by atoms with van der Waals surface area (Å²) in [7, 11) is 0. The van der Waals surface area contributed by atoms with E-state index in [4.69, 9.17) is 4.74 Å². The van der Waals surface area contributed by atoms with Gasteiger partial charge in [0.05, 0.1) is 0 Å². The molecule has 2 aliphatic rings. The molecule has 2 atom stereocenters. The Morgan fingerprint density at radius 2 is 2.38 bits per heavy atom. The fourth-order valence-electron chi connectivity index (χ4n) is 1.77. The highest BCUT2D eigenvalue weighted by Gasteiger charge is 2.41. The lowest BCUT2D eigenvalue weighted by atomic mass is 9.81. The number of ether oxygens (including phenoxy) is 1. The molecular formula is C11H12O2. The van der Waals surface area contributed by atoms with Crippen molar-refractivity contribution >= 4 is 6.29 Å². The third-order valence-corrected chi connectivity index (χ3v) is 2.86. The maximum atomic E-state index is 10.6. The molecule has 0 N–H and O–H groups in total. The van der Waals surface area contributed by atoms with Crippen LogP contribution in [0.15, 0.2) is 35.6 Å². The summed E-state index contributed by atoms with van der Waals surface area (Å²) in [5.41, 5.74) is 0.759. The molecular weight excluding hydrogens is 164 g/mol. The van der Waals surface area contributed by atoms with Gasteiger partial charge in [0.25, 0.3) is 0 Å². The highest BCUT2D eigenvalue weighted by atomic mass is 16.5. The van der Waals surface area contributed by atoms with E-state index in [0.717, 1.165) is 11.9 Å². The lowest BCUT2D eigenvalue weighted by Crippen LogP contribution is -2.34. The standard InChI is InChI=1S/C11H12O2/c1-8-4-3-5-9-6-10(7-12)13-11(8,9)2/h3-8H,1-2H3. The first-order valence-electron chi connectivity index (χ1n) is 4.41. The molecule has 2 heteroatoms. The van der Waals surface area contributed by atoms with E-state index in [0.29, 0.717) is 11.7 Å². The molecule has 2 nitrogen and oxygen atoms in total. The van der Waals surface area contributed by atoms with Crippen LogP contribution in [0.5, 0.6) is 0 Å². The van der Waals surface area contributed by atoms with Crippen molar-refractivity contribution < 1.29 is 9.53 Å². The predicted octanol–water partition coefficient (Wildman–Crippen LogP) is 1.99. The summed E-state index contributed by atoms with van der Waals surface area (Å²) in [5.74, 6) is 0.741. The van der Waals surface area contributed by atoms with E-state index in [2.05, 4.69) is 13.0 Å². The fourth-order valence-corrected chi connectivity index (χ4v) is 1.77. The minimum atomic E-state index is -0.328. The summed E-state index contributed by atoms with van der Waals surface area (Å²) < 4.78 is 5.59. The lowest BCUT2D eigenvalue weighted by Gasteiger charge is -2.32. The highest BCUT2D eigenvalue weighted by molar-refractivity contribution is 5.74. The zero-order valence-corrected chi connectivity index (χ0v) is 7.78. The number of hydrogen-bond acceptors (Lipinski definition) is 2. The topological polar surface area (TPSA) is 26.3 Å². The molecule has 68 valence electrons. The third kappa shape index (κ3) is 1.05. The molecule has 0 aromatic heterocycles. The van der Waals surface area contributed by atoms with Gasteiger partial charge in [-0.15, -0.1) is 0 Å². The van der Waals surface area contributed by atoms with Crippen molar-refractivity contribution in [3.05, 3.63) is 35.6 Å². The van der Waals surface area contributed by atoms with Crippen LogP contribution < -0.4 is 0 Å². The average molecular weight is 176 g/mol. The molecule has 0 aromatic rings. The third-order valence-electron chi connectivity index (χ3n) is 2.86. The van der Waals surface area contributed by atoms with Gasteiger partial charge in [-0.05, 0) is 18.6 Å². The van der Waals surface area contributed by atoms with Crippen LogP contribution in [-0.4, -0.2) is 11.9 Å². The molecule has 2 unspecified atom stereocenters. The molecule has 0 saturated heterocycles. The van der Waals surface area contributed by atoms with Crippen molar-refractivity contribution in [2.24, 2.45) is 5.92 Å². The Kier molecular flexibility index (Phi) is 1.65. The normalized spacial score (nSPS) is 36.0. The zero-order chi connectivity index (χ0) is 9.47. The quantitative estimate of drug-likeness (QED) is 0.571. The summed E-state index contributed by atoms with van der Waals surface area (Å²) in [4.78, 5) is 10.6. The van der Waals surface area contributed by atoms with Crippen LogP contribution in [0.1, 0.15) is 13.8 Å². The van der Waals surface area contributed by atoms with Crippen molar-refractivity contribution in [3.8, 4) is 0 Å². The minimum Gasteiger partial charge on any atom is -0.479 e. The van der Waals surface area contributed by atoms with Gasteiger partial charge in [-0.25, -0.2) is 0 Å². The van der Waals surface area contributed by atoms with Gasteiger partial charge in [0.2, 0.25) is 0 Å². The summed E-state index contributed by atoms with van der Waals surface area (Å²) in [6.45, 7) is 4.10. The Morgan fingerprint density at radius 1 is 1.62 bits per heavy atom. The van der Waals surface area contributed by atoms with Gasteiger partial charge in [0, 0.05) is 5.92 Å². The summed E-state index contributed by atoms with van der Waals surface area (Å²) in [6, 6.07) is 0. The number of rotatable bonds is 1. The van der Waals surface area contributed by atoms with E-state index in [9.17, 15) is 4.79 Å². The molecule has 0 fully saturated rings. The summed E-state index contributed by atoms with van der Waals surface area (Å²) >= 11 is 0. The van der Waals surface area contributed by atoms with Gasteiger partial charge in [-0.3, -0.25) is 4.79 Å². The van der Waals surface area contributed by atoms with Crippen molar-refractivity contribution in [1.82, 2.24) is 0 Å². The van der Waals surface area contributed by atoms with E-state index in [1.807, 2.05) is 25.2 Å². The van der Waals surface area contributed by atoms with Crippen molar-refractivity contribution in [3.63, 3.8) is 0 Å². The Balaban J connectivity index is 2.42. The van der Waals surface area contributed by atoms with Gasteiger partial charge in [0.1, 0.15) is 5.60 Å². The molecule has 13 heavy (non-hydrogen) atoms. The van der Waals surface area contributed by atoms with Crippen molar-refractivity contribution in [2.45, 2.75) is 19.4 Å². The second kappa shape index (κ2) is 2.59. The van der Waals surface area contributed by atoms with E-state index < -0.39 is 0 Å². The Morgan fingerprint density at radius 3 is 3.00 bits per heavy atom. The molecule has 1 aliphatic heterocycles. The van der Waals surface area contributed by atoms with Gasteiger partial charge < -0.3 is 4.74 Å². The smallest absolute Gasteiger partial charge is 0.184 e. The number of fused-ring (bicyclic) bond motifs is 1. The first-order valence-corrected chi connectivity index (χ1v) is 4.41. The van der Waals surface area contributed by atoms with Crippen LogP contribution in [0.2, 0.25) is 0 Å². The van der Waals surface area contributed by atoms with E-state index >= 15 is 0 Å². The van der Waals surface area contributed by atoms with Gasteiger partial charge in [-0.1, -0.05) is 25.2 Å². The summed E-state index contributed by atoms with van der Waals surface area (Å²) in [6.07, 6.45) is 8.67. The maximum Gasteiger partial charge on any atom is 0.184 e. The van der Waals surface area contributed by atoms with E-state index in [1.165, 1.54) is 0 Å². The van der Waals surface area contributed by atoms with Crippen molar-refractivity contribution in [2.75, 3.05) is 0 Å². The molecule has 0 spiro atoms. The number of carbonyl (C=O) groups is 1. The molecule has 0 aromatic carbocycles. The molecule has 1 aliphatic carbocycles. The van der Waals surface area contributed by atoms with Gasteiger partial charge >= 0.3 is 0 Å². The van der Waals surface area contributed by atoms with E-state index in [1.54, 1.807) is 0 Å². The molecule has 1 heterocycles. The second-order valence-corrected chi connectivity index (χ2v) is 3.67. The molecule has 0 bridgehead atoms. The molecule has 0 amide bonds. The Labute approximate surface area is 77.6 Å². The Hall–Kier alpha value is -1.31. The monoisotopic (exact) mass is 176 g/mol. The number of hydrogen-bond donors (Lipinski definition) is 0. The van der Waals surface area contributed by atoms with Crippen molar-refractivity contribution in [1.29, 1.82) is 0 Å². The van der Waals surface area contributed by atoms with Crippen LogP contribution in [0, 0.1) is 5.92 Å². The first-order chi connectivity index (χ1) is 6.16. The second-order valence-electron chi connectivity index (χ2n) is 3.67. The SMILES string of the molecule is CC1C=CC=C2C=C(C=O)OC21C. The summed E-state index contributed by atoms with van der Waals surface area (Å²) in [5, 5.41) is 0. The molecule has 0 saturated carbocycles. The van der Waals surface area contributed by atoms with Crippen LogP contribution in [-0.2, 0) is 9.53 Å². The van der Waals surface area contributed by atoms with Crippen LogP contribution >= 0.6 is 0 Å². The van der Waals surface area contributed by atoms with Gasteiger partial charge in [0.15, 0.2) is 12.0 Å². The van der Waals surface area contributed by atoms with Gasteiger partial charge in [-0.2, -0.15) is 0 Å². The number of allylic oxidation sites excluding steroid dienone is 3. The molecule has 2 rings (SSSR count). The lowest BCUT2D eigenvalue weighted by molar-refractivity contribution is -0.109. The first kappa shape index (κ1) is 8.30. The van der Waals surface area contributed by atoms with Crippen LogP contribution in [0.3, 0.4) is 0 Å². The zero-order valence-electron chi connectivity index (χ0n) is 7.78. The Bertz CT molecular complexity index is 336. The number of aldehydes is 1. The highest BCUT2D eigenvalue weighted by Crippen LogP contribution is 2.40. The van der Waals surface area contributed by atoms with E-state index in [-0.39, 0.29) is 5.60 Å². The van der Waals surface area contributed by atoms with Crippen LogP contribution in [0.25, 0.3) is 0 Å².